The standard InChI is InChI=1S/C26H22N4O6.C2H6/c27-8-22(31)28-12-35-10-13-1-2-14-3-4-20-17(16(14)5-13)6-15-9-30-21(23(15)29-20)7-18-19(25(30)33)11-36-26(34)24(18)32;1-2/h1-7,24,32H,8-12,27H2,(H,28,31);1-2H3. The second kappa shape index (κ2) is 10.3. The Kier molecular flexibility index (Phi) is 6.94. The molecule has 10 nitrogen and oxygen atoms in total. The van der Waals surface area contributed by atoms with Crippen LogP contribution in [0.25, 0.3) is 33.1 Å². The second-order valence-electron chi connectivity index (χ2n) is 8.85. The van der Waals surface area contributed by atoms with Gasteiger partial charge in [-0.05, 0) is 40.6 Å². The Balaban J connectivity index is 0.00000144. The summed E-state index contributed by atoms with van der Waals surface area (Å²) >= 11 is 0. The van der Waals surface area contributed by atoms with Crippen molar-refractivity contribution in [2.24, 2.45) is 5.73 Å². The third-order valence-corrected chi connectivity index (χ3v) is 6.67. The number of esters is 1. The van der Waals surface area contributed by atoms with Crippen molar-refractivity contribution in [3.8, 4) is 11.4 Å². The number of fused-ring (bicyclic) bond motifs is 7. The van der Waals surface area contributed by atoms with Crippen molar-refractivity contribution in [1.29, 1.82) is 0 Å². The van der Waals surface area contributed by atoms with E-state index in [2.05, 4.69) is 5.32 Å². The van der Waals surface area contributed by atoms with Gasteiger partial charge >= 0.3 is 5.97 Å². The predicted octanol–water partition coefficient (Wildman–Crippen LogP) is 2.24. The summed E-state index contributed by atoms with van der Waals surface area (Å²) in [6, 6.07) is 13.6. The lowest BCUT2D eigenvalue weighted by Gasteiger charge is -2.21. The van der Waals surface area contributed by atoms with E-state index >= 15 is 0 Å². The zero-order valence-electron chi connectivity index (χ0n) is 21.1. The first-order valence-electron chi connectivity index (χ1n) is 12.5. The minimum absolute atomic E-state index is 0.0704. The summed E-state index contributed by atoms with van der Waals surface area (Å²) in [5, 5.41) is 15.8. The van der Waals surface area contributed by atoms with E-state index in [4.69, 9.17) is 20.2 Å². The number of carbonyl (C=O) groups excluding carboxylic acids is 2. The molecule has 196 valence electrons. The molecule has 10 heteroatoms. The summed E-state index contributed by atoms with van der Waals surface area (Å²) in [6.45, 7) is 4.48. The second-order valence-corrected chi connectivity index (χ2v) is 8.85. The van der Waals surface area contributed by atoms with Gasteiger partial charge in [0.2, 0.25) is 5.91 Å². The van der Waals surface area contributed by atoms with Crippen molar-refractivity contribution in [2.75, 3.05) is 13.3 Å². The average molecular weight is 517 g/mol. The number of nitrogens with zero attached hydrogens (tertiary/aromatic N) is 2. The summed E-state index contributed by atoms with van der Waals surface area (Å²) in [7, 11) is 0. The predicted molar refractivity (Wildman–Crippen MR) is 141 cm³/mol. The molecule has 0 bridgehead atoms. The number of ether oxygens (including phenoxy) is 2. The highest BCUT2D eigenvalue weighted by Crippen LogP contribution is 2.37. The Morgan fingerprint density at radius 2 is 1.97 bits per heavy atom. The van der Waals surface area contributed by atoms with Gasteiger partial charge in [-0.3, -0.25) is 9.59 Å². The number of rotatable bonds is 5. The molecule has 0 radical (unpaired) electrons. The van der Waals surface area contributed by atoms with Gasteiger partial charge in [0.25, 0.3) is 5.56 Å². The topological polar surface area (TPSA) is 146 Å². The lowest BCUT2D eigenvalue weighted by atomic mass is 9.99. The van der Waals surface area contributed by atoms with Gasteiger partial charge in [0.15, 0.2) is 6.10 Å². The van der Waals surface area contributed by atoms with Gasteiger partial charge in [0, 0.05) is 16.5 Å². The van der Waals surface area contributed by atoms with E-state index in [1.165, 1.54) is 0 Å². The van der Waals surface area contributed by atoms with Crippen LogP contribution >= 0.6 is 0 Å². The fourth-order valence-corrected chi connectivity index (χ4v) is 4.84. The van der Waals surface area contributed by atoms with Gasteiger partial charge in [0.05, 0.1) is 42.2 Å². The van der Waals surface area contributed by atoms with Crippen LogP contribution in [-0.2, 0) is 38.8 Å². The Labute approximate surface area is 218 Å². The first kappa shape index (κ1) is 25.5. The molecule has 4 N–H and O–H groups in total. The molecular formula is C28H28N4O6. The molecule has 2 aliphatic heterocycles. The van der Waals surface area contributed by atoms with Gasteiger partial charge in [-0.2, -0.15) is 0 Å². The fraction of sp³-hybridized carbons (Fsp3) is 0.286. The van der Waals surface area contributed by atoms with E-state index in [-0.39, 0.29) is 36.9 Å². The highest BCUT2D eigenvalue weighted by atomic mass is 16.5. The Bertz CT molecular complexity index is 1640. The van der Waals surface area contributed by atoms with Crippen molar-refractivity contribution < 1.29 is 24.2 Å². The minimum Gasteiger partial charge on any atom is -0.458 e. The van der Waals surface area contributed by atoms with Crippen LogP contribution in [0.1, 0.15) is 42.2 Å². The van der Waals surface area contributed by atoms with E-state index in [1.807, 2.05) is 50.2 Å². The molecule has 1 unspecified atom stereocenters. The molecule has 38 heavy (non-hydrogen) atoms. The number of aliphatic hydroxyl groups is 1. The number of nitrogens with one attached hydrogen (secondary N) is 1. The molecular weight excluding hydrogens is 488 g/mol. The maximum Gasteiger partial charge on any atom is 0.340 e. The average Bonchev–Trinajstić information content (AvgIpc) is 3.31. The summed E-state index contributed by atoms with van der Waals surface area (Å²) in [6.07, 6.45) is -1.48. The van der Waals surface area contributed by atoms with Gasteiger partial charge in [-0.25, -0.2) is 9.78 Å². The molecule has 1 atom stereocenters. The molecule has 4 heterocycles. The van der Waals surface area contributed by atoms with Crippen molar-refractivity contribution in [1.82, 2.24) is 14.9 Å². The Hall–Kier alpha value is -4.12. The monoisotopic (exact) mass is 516 g/mol. The van der Waals surface area contributed by atoms with Gasteiger partial charge in [-0.1, -0.05) is 32.0 Å². The molecule has 4 aromatic rings. The quantitative estimate of drug-likeness (QED) is 0.140. The third-order valence-electron chi connectivity index (χ3n) is 6.67. The highest BCUT2D eigenvalue weighted by molar-refractivity contribution is 6.07. The maximum absolute atomic E-state index is 13.1. The SMILES string of the molecule is CC.NCC(=O)NCOCc1ccc2ccc3nc4c(cc3c2c1)Cn1c-4cc2c(c1=O)COC(=O)C2O. The highest BCUT2D eigenvalue weighted by Gasteiger charge is 2.33. The number of carbonyl (C=O) groups is 2. The van der Waals surface area contributed by atoms with Crippen molar-refractivity contribution in [3.05, 3.63) is 75.1 Å². The van der Waals surface area contributed by atoms with Gasteiger partial charge < -0.3 is 30.2 Å². The number of benzene rings is 2. The van der Waals surface area contributed by atoms with Crippen molar-refractivity contribution in [2.45, 2.75) is 39.7 Å². The van der Waals surface area contributed by atoms with Crippen LogP contribution in [0.4, 0.5) is 0 Å². The molecule has 0 fully saturated rings. The first-order valence-corrected chi connectivity index (χ1v) is 12.5. The van der Waals surface area contributed by atoms with Crippen LogP contribution < -0.4 is 16.6 Å². The number of aliphatic hydroxyl groups excluding tert-OH is 1. The third kappa shape index (κ3) is 4.32. The number of cyclic esters (lactones) is 1. The molecule has 0 saturated carbocycles. The molecule has 2 aromatic heterocycles. The van der Waals surface area contributed by atoms with Crippen LogP contribution in [0.5, 0.6) is 0 Å². The number of pyridine rings is 2. The van der Waals surface area contributed by atoms with Crippen LogP contribution in [0.3, 0.4) is 0 Å². The summed E-state index contributed by atoms with van der Waals surface area (Å²) < 4.78 is 12.1. The normalized spacial score (nSPS) is 15.3. The molecule has 0 spiro atoms. The summed E-state index contributed by atoms with van der Waals surface area (Å²) in [5.41, 5.74) is 9.36. The van der Waals surface area contributed by atoms with Crippen LogP contribution in [-0.4, -0.2) is 39.8 Å². The summed E-state index contributed by atoms with van der Waals surface area (Å²) in [4.78, 5) is 41.1. The van der Waals surface area contributed by atoms with E-state index in [1.54, 1.807) is 10.6 Å². The van der Waals surface area contributed by atoms with E-state index in [0.717, 1.165) is 32.8 Å². The lowest BCUT2D eigenvalue weighted by Crippen LogP contribution is -2.32. The smallest absolute Gasteiger partial charge is 0.340 e. The van der Waals surface area contributed by atoms with E-state index < -0.39 is 12.1 Å². The zero-order valence-corrected chi connectivity index (χ0v) is 21.1. The minimum atomic E-state index is -1.48. The Morgan fingerprint density at radius 1 is 1.18 bits per heavy atom. The largest absolute Gasteiger partial charge is 0.458 e. The number of aromatic nitrogens is 2. The fourth-order valence-electron chi connectivity index (χ4n) is 4.84. The lowest BCUT2D eigenvalue weighted by molar-refractivity contribution is -0.157. The molecule has 1 amide bonds. The number of amides is 1. The number of hydrogen-bond donors (Lipinski definition) is 3. The van der Waals surface area contributed by atoms with Crippen molar-refractivity contribution >= 4 is 33.6 Å². The molecule has 0 saturated heterocycles. The molecule has 6 rings (SSSR count). The molecule has 2 aromatic carbocycles. The van der Waals surface area contributed by atoms with Gasteiger partial charge in [-0.15, -0.1) is 0 Å². The van der Waals surface area contributed by atoms with Crippen LogP contribution in [0, 0.1) is 0 Å². The van der Waals surface area contributed by atoms with Gasteiger partial charge in [0.1, 0.15) is 13.3 Å². The maximum atomic E-state index is 13.1. The summed E-state index contributed by atoms with van der Waals surface area (Å²) in [5.74, 6) is -1.04. The number of nitrogens with two attached hydrogens (primary N) is 1. The van der Waals surface area contributed by atoms with Crippen LogP contribution in [0.15, 0.2) is 47.3 Å². The van der Waals surface area contributed by atoms with E-state index in [0.29, 0.717) is 30.1 Å². The first-order chi connectivity index (χ1) is 18.4. The van der Waals surface area contributed by atoms with Crippen LogP contribution in [0.2, 0.25) is 0 Å². The molecule has 2 aliphatic rings. The Morgan fingerprint density at radius 3 is 2.76 bits per heavy atom. The van der Waals surface area contributed by atoms with Crippen molar-refractivity contribution in [3.63, 3.8) is 0 Å². The molecule has 0 aliphatic carbocycles. The number of hydrogen-bond acceptors (Lipinski definition) is 8. The zero-order chi connectivity index (χ0) is 27.0. The van der Waals surface area contributed by atoms with E-state index in [9.17, 15) is 19.5 Å².